The summed E-state index contributed by atoms with van der Waals surface area (Å²) in [5, 5.41) is 2.31. The summed E-state index contributed by atoms with van der Waals surface area (Å²) in [7, 11) is 0. The maximum absolute atomic E-state index is 9.42. The average Bonchev–Trinajstić information content (AvgIpc) is 1.35. The minimum atomic E-state index is -0.220. The standard InChI is InChI=1S/C3H8N2O/c1-3(4)5-2-6/h2-3H,4H2,1H3,(H,5,6)/t3-/m0/s1. The molecule has 3 N–H and O–H groups in total. The number of carbonyl (C=O) groups excluding carboxylic acids is 1. The summed E-state index contributed by atoms with van der Waals surface area (Å²) in [6.45, 7) is 1.69. The van der Waals surface area contributed by atoms with Crippen LogP contribution in [0.3, 0.4) is 0 Å². The minimum absolute atomic E-state index is 0.220. The van der Waals surface area contributed by atoms with Crippen molar-refractivity contribution in [3.8, 4) is 0 Å². The summed E-state index contributed by atoms with van der Waals surface area (Å²) in [6, 6.07) is 0. The highest BCUT2D eigenvalue weighted by molar-refractivity contribution is 5.46. The Morgan fingerprint density at radius 1 is 2.00 bits per heavy atom. The molecule has 3 nitrogen and oxygen atoms in total. The fraction of sp³-hybridized carbons (Fsp3) is 0.667. The van der Waals surface area contributed by atoms with Crippen molar-refractivity contribution in [1.29, 1.82) is 0 Å². The van der Waals surface area contributed by atoms with Crippen LogP contribution >= 0.6 is 0 Å². The van der Waals surface area contributed by atoms with Gasteiger partial charge in [0.1, 0.15) is 0 Å². The Hall–Kier alpha value is -0.570. The first-order valence-corrected chi connectivity index (χ1v) is 1.72. The third-order valence-corrected chi connectivity index (χ3v) is 0.331. The number of nitrogens with two attached hydrogens (primary N) is 1. The fourth-order valence-corrected chi connectivity index (χ4v) is 0.107. The zero-order valence-corrected chi connectivity index (χ0v) is 3.64. The number of carbonyl (C=O) groups is 1. The van der Waals surface area contributed by atoms with E-state index in [1.54, 1.807) is 6.92 Å². The van der Waals surface area contributed by atoms with Crippen molar-refractivity contribution in [1.82, 2.24) is 5.32 Å². The van der Waals surface area contributed by atoms with Crippen LogP contribution in [0.25, 0.3) is 0 Å². The van der Waals surface area contributed by atoms with Crippen molar-refractivity contribution in [3.63, 3.8) is 0 Å². The molecule has 0 aromatic heterocycles. The summed E-state index contributed by atoms with van der Waals surface area (Å²) < 4.78 is 0. The van der Waals surface area contributed by atoms with Crippen molar-refractivity contribution < 1.29 is 4.79 Å². The second-order valence-electron chi connectivity index (χ2n) is 1.07. The molecule has 1 atom stereocenters. The molecule has 0 rings (SSSR count). The van der Waals surface area contributed by atoms with Gasteiger partial charge in [-0.3, -0.25) is 4.79 Å². The second-order valence-corrected chi connectivity index (χ2v) is 1.07. The predicted molar refractivity (Wildman–Crippen MR) is 22.8 cm³/mol. The lowest BCUT2D eigenvalue weighted by Crippen LogP contribution is -2.32. The molecule has 0 aliphatic heterocycles. The summed E-state index contributed by atoms with van der Waals surface area (Å²) in [5.41, 5.74) is 5.06. The lowest BCUT2D eigenvalue weighted by atomic mass is 10.6. The molecule has 0 aromatic rings. The molecular weight excluding hydrogens is 80.0 g/mol. The van der Waals surface area contributed by atoms with Crippen LogP contribution in [0.5, 0.6) is 0 Å². The molecule has 0 radical (unpaired) electrons. The van der Waals surface area contributed by atoms with Gasteiger partial charge >= 0.3 is 0 Å². The molecule has 0 aliphatic rings. The van der Waals surface area contributed by atoms with Crippen LogP contribution in [0, 0.1) is 0 Å². The van der Waals surface area contributed by atoms with Gasteiger partial charge in [0.2, 0.25) is 6.41 Å². The lowest BCUT2D eigenvalue weighted by molar-refractivity contribution is -0.110. The molecule has 0 saturated heterocycles. The van der Waals surface area contributed by atoms with Crippen LogP contribution in [-0.2, 0) is 4.79 Å². The van der Waals surface area contributed by atoms with E-state index in [4.69, 9.17) is 5.73 Å². The fourth-order valence-electron chi connectivity index (χ4n) is 0.107. The summed E-state index contributed by atoms with van der Waals surface area (Å²) in [6.07, 6.45) is 0.354. The summed E-state index contributed by atoms with van der Waals surface area (Å²) in [5.74, 6) is 0. The zero-order valence-electron chi connectivity index (χ0n) is 3.64. The molecule has 0 bridgehead atoms. The van der Waals surface area contributed by atoms with Crippen LogP contribution in [0.4, 0.5) is 0 Å². The minimum Gasteiger partial charge on any atom is -0.344 e. The third kappa shape index (κ3) is 3.43. The molecule has 0 aliphatic carbocycles. The van der Waals surface area contributed by atoms with Gasteiger partial charge in [-0.15, -0.1) is 0 Å². The maximum atomic E-state index is 9.42. The van der Waals surface area contributed by atoms with E-state index in [1.165, 1.54) is 0 Å². The smallest absolute Gasteiger partial charge is 0.208 e. The van der Waals surface area contributed by atoms with E-state index in [0.717, 1.165) is 0 Å². The molecule has 0 saturated carbocycles. The van der Waals surface area contributed by atoms with Gasteiger partial charge in [-0.05, 0) is 6.92 Å². The van der Waals surface area contributed by atoms with Gasteiger partial charge in [0.15, 0.2) is 0 Å². The quantitative estimate of drug-likeness (QED) is 0.337. The Morgan fingerprint density at radius 2 is 2.50 bits per heavy atom. The van der Waals surface area contributed by atoms with Crippen LogP contribution < -0.4 is 11.1 Å². The highest BCUT2D eigenvalue weighted by Crippen LogP contribution is 1.54. The van der Waals surface area contributed by atoms with Gasteiger partial charge in [0, 0.05) is 0 Å². The molecule has 0 unspecified atom stereocenters. The van der Waals surface area contributed by atoms with E-state index < -0.39 is 0 Å². The normalized spacial score (nSPS) is 13.0. The molecule has 6 heavy (non-hydrogen) atoms. The Bertz CT molecular complexity index is 44.1. The Kier molecular flexibility index (Phi) is 2.40. The molecule has 0 heterocycles. The van der Waals surface area contributed by atoms with E-state index >= 15 is 0 Å². The van der Waals surface area contributed by atoms with Crippen LogP contribution in [0.15, 0.2) is 0 Å². The predicted octanol–water partition coefficient (Wildman–Crippen LogP) is -0.963. The summed E-state index contributed by atoms with van der Waals surface area (Å²) >= 11 is 0. The van der Waals surface area contributed by atoms with Crippen molar-refractivity contribution >= 4 is 6.41 Å². The molecule has 3 heteroatoms. The molecular formula is C3H8N2O. The number of amides is 1. The van der Waals surface area contributed by atoms with Crippen LogP contribution in [-0.4, -0.2) is 12.6 Å². The van der Waals surface area contributed by atoms with E-state index in [2.05, 4.69) is 5.32 Å². The van der Waals surface area contributed by atoms with Crippen LogP contribution in [0.1, 0.15) is 6.92 Å². The Labute approximate surface area is 36.5 Å². The van der Waals surface area contributed by atoms with Crippen molar-refractivity contribution in [2.24, 2.45) is 5.73 Å². The van der Waals surface area contributed by atoms with Gasteiger partial charge in [-0.2, -0.15) is 0 Å². The first-order valence-electron chi connectivity index (χ1n) is 1.72. The highest BCUT2D eigenvalue weighted by Gasteiger charge is 1.80. The van der Waals surface area contributed by atoms with E-state index in [0.29, 0.717) is 6.41 Å². The van der Waals surface area contributed by atoms with Gasteiger partial charge in [-0.25, -0.2) is 0 Å². The molecule has 0 aromatic carbocycles. The van der Waals surface area contributed by atoms with Gasteiger partial charge in [0.05, 0.1) is 6.17 Å². The topological polar surface area (TPSA) is 55.1 Å². The SMILES string of the molecule is C[C@@H](N)NC=O. The van der Waals surface area contributed by atoms with Gasteiger partial charge < -0.3 is 11.1 Å². The first-order chi connectivity index (χ1) is 2.77. The van der Waals surface area contributed by atoms with Crippen molar-refractivity contribution in [2.75, 3.05) is 0 Å². The number of nitrogens with one attached hydrogen (secondary N) is 1. The first kappa shape index (κ1) is 5.43. The lowest BCUT2D eigenvalue weighted by Gasteiger charge is -1.96. The van der Waals surface area contributed by atoms with Crippen molar-refractivity contribution in [3.05, 3.63) is 0 Å². The van der Waals surface area contributed by atoms with Gasteiger partial charge in [-0.1, -0.05) is 0 Å². The van der Waals surface area contributed by atoms with Crippen LogP contribution in [0.2, 0.25) is 0 Å². The van der Waals surface area contributed by atoms with Crippen molar-refractivity contribution in [2.45, 2.75) is 13.1 Å². The molecule has 0 fully saturated rings. The zero-order chi connectivity index (χ0) is 4.99. The van der Waals surface area contributed by atoms with E-state index in [9.17, 15) is 4.79 Å². The van der Waals surface area contributed by atoms with Gasteiger partial charge in [0.25, 0.3) is 0 Å². The largest absolute Gasteiger partial charge is 0.344 e. The molecule has 0 spiro atoms. The monoisotopic (exact) mass is 88.1 g/mol. The third-order valence-electron chi connectivity index (χ3n) is 0.331. The summed E-state index contributed by atoms with van der Waals surface area (Å²) in [4.78, 5) is 9.42. The maximum Gasteiger partial charge on any atom is 0.208 e. The van der Waals surface area contributed by atoms with E-state index in [-0.39, 0.29) is 6.17 Å². The Morgan fingerprint density at radius 3 is 2.50 bits per heavy atom. The number of hydrogen-bond acceptors (Lipinski definition) is 2. The van der Waals surface area contributed by atoms with E-state index in [1.807, 2.05) is 0 Å². The Balaban J connectivity index is 2.81. The average molecular weight is 88.1 g/mol. The number of rotatable bonds is 2. The second kappa shape index (κ2) is 2.66. The highest BCUT2D eigenvalue weighted by atomic mass is 16.1. The molecule has 36 valence electrons. The molecule has 1 amide bonds. The number of hydrogen-bond donors (Lipinski definition) is 2.